The molecule has 1 N–H and O–H groups in total. The molecule has 4 heteroatoms. The van der Waals surface area contributed by atoms with Crippen LogP contribution in [-0.4, -0.2) is 23.6 Å². The second-order valence-corrected chi connectivity index (χ2v) is 3.98. The van der Waals surface area contributed by atoms with E-state index in [9.17, 15) is 0 Å². The summed E-state index contributed by atoms with van der Waals surface area (Å²) in [4.78, 5) is 8.04. The molecule has 0 saturated carbocycles. The van der Waals surface area contributed by atoms with Crippen molar-refractivity contribution in [2.45, 2.75) is 13.0 Å². The normalized spacial score (nSPS) is 10.3. The SMILES string of the molecule is COc1ccc(CCNCc2ccncn2)cc1. The molecule has 0 amide bonds. The molecule has 1 heterocycles. The molecule has 0 fully saturated rings. The maximum Gasteiger partial charge on any atom is 0.118 e. The van der Waals surface area contributed by atoms with Gasteiger partial charge in [-0.1, -0.05) is 12.1 Å². The second-order valence-electron chi connectivity index (χ2n) is 3.98. The lowest BCUT2D eigenvalue weighted by molar-refractivity contribution is 0.414. The summed E-state index contributed by atoms with van der Waals surface area (Å²) in [6.07, 6.45) is 4.32. The number of methoxy groups -OCH3 is 1. The van der Waals surface area contributed by atoms with Gasteiger partial charge in [-0.25, -0.2) is 9.97 Å². The average Bonchev–Trinajstić information content (AvgIpc) is 2.45. The number of rotatable bonds is 6. The maximum absolute atomic E-state index is 5.12. The van der Waals surface area contributed by atoms with Gasteiger partial charge in [0, 0.05) is 12.7 Å². The monoisotopic (exact) mass is 243 g/mol. The van der Waals surface area contributed by atoms with Crippen LogP contribution in [0.5, 0.6) is 5.75 Å². The van der Waals surface area contributed by atoms with Crippen molar-refractivity contribution in [3.05, 3.63) is 54.1 Å². The Bertz CT molecular complexity index is 456. The highest BCUT2D eigenvalue weighted by Crippen LogP contribution is 2.11. The van der Waals surface area contributed by atoms with E-state index in [1.54, 1.807) is 19.6 Å². The van der Waals surface area contributed by atoms with Crippen molar-refractivity contribution in [1.82, 2.24) is 15.3 Å². The third kappa shape index (κ3) is 3.82. The van der Waals surface area contributed by atoms with Gasteiger partial charge < -0.3 is 10.1 Å². The summed E-state index contributed by atoms with van der Waals surface area (Å²) in [5.41, 5.74) is 2.31. The van der Waals surface area contributed by atoms with Crippen LogP contribution in [0.1, 0.15) is 11.3 Å². The standard InChI is InChI=1S/C14H17N3O/c1-18-14-4-2-12(3-5-14)6-8-15-10-13-7-9-16-11-17-13/h2-5,7,9,11,15H,6,8,10H2,1H3. The molecule has 1 aromatic carbocycles. The zero-order valence-electron chi connectivity index (χ0n) is 10.5. The van der Waals surface area contributed by atoms with Crippen LogP contribution in [0.25, 0.3) is 0 Å². The van der Waals surface area contributed by atoms with Gasteiger partial charge in [-0.3, -0.25) is 0 Å². The van der Waals surface area contributed by atoms with Crippen molar-refractivity contribution in [3.63, 3.8) is 0 Å². The Morgan fingerprint density at radius 2 is 2.00 bits per heavy atom. The molecule has 0 unspecified atom stereocenters. The van der Waals surface area contributed by atoms with Gasteiger partial charge in [-0.2, -0.15) is 0 Å². The number of benzene rings is 1. The van der Waals surface area contributed by atoms with Gasteiger partial charge in [0.1, 0.15) is 12.1 Å². The van der Waals surface area contributed by atoms with Crippen LogP contribution >= 0.6 is 0 Å². The van der Waals surface area contributed by atoms with E-state index in [-0.39, 0.29) is 0 Å². The summed E-state index contributed by atoms with van der Waals surface area (Å²) in [7, 11) is 1.68. The van der Waals surface area contributed by atoms with Crippen molar-refractivity contribution in [3.8, 4) is 5.75 Å². The van der Waals surface area contributed by atoms with Gasteiger partial charge in [-0.05, 0) is 36.7 Å². The smallest absolute Gasteiger partial charge is 0.118 e. The minimum atomic E-state index is 0.776. The van der Waals surface area contributed by atoms with Gasteiger partial charge in [-0.15, -0.1) is 0 Å². The van der Waals surface area contributed by atoms with Gasteiger partial charge in [0.2, 0.25) is 0 Å². The fourth-order valence-electron chi connectivity index (χ4n) is 1.66. The van der Waals surface area contributed by atoms with Crippen LogP contribution in [0, 0.1) is 0 Å². The third-order valence-electron chi connectivity index (χ3n) is 2.70. The molecule has 0 aliphatic heterocycles. The van der Waals surface area contributed by atoms with Crippen molar-refractivity contribution in [1.29, 1.82) is 0 Å². The molecule has 0 aliphatic rings. The van der Waals surface area contributed by atoms with Gasteiger partial charge in [0.05, 0.1) is 12.8 Å². The number of hydrogen-bond acceptors (Lipinski definition) is 4. The molecular formula is C14H17N3O. The van der Waals surface area contributed by atoms with E-state index in [1.807, 2.05) is 18.2 Å². The van der Waals surface area contributed by atoms with Crippen LogP contribution in [0.2, 0.25) is 0 Å². The summed E-state index contributed by atoms with van der Waals surface area (Å²) in [6, 6.07) is 10.1. The van der Waals surface area contributed by atoms with Crippen LogP contribution in [0.15, 0.2) is 42.9 Å². The van der Waals surface area contributed by atoms with Crippen LogP contribution in [-0.2, 0) is 13.0 Å². The first kappa shape index (κ1) is 12.5. The molecule has 1 aromatic heterocycles. The molecule has 18 heavy (non-hydrogen) atoms. The number of ether oxygens (including phenoxy) is 1. The van der Waals surface area contributed by atoms with E-state index in [2.05, 4.69) is 27.4 Å². The van der Waals surface area contributed by atoms with Crippen molar-refractivity contribution in [2.24, 2.45) is 0 Å². The third-order valence-corrected chi connectivity index (χ3v) is 2.70. The molecule has 0 atom stereocenters. The predicted molar refractivity (Wildman–Crippen MR) is 70.4 cm³/mol. The van der Waals surface area contributed by atoms with Crippen molar-refractivity contribution >= 4 is 0 Å². The van der Waals surface area contributed by atoms with Gasteiger partial charge in [0.15, 0.2) is 0 Å². The zero-order valence-corrected chi connectivity index (χ0v) is 10.5. The lowest BCUT2D eigenvalue weighted by atomic mass is 10.1. The number of nitrogens with zero attached hydrogens (tertiary/aromatic N) is 2. The van der Waals surface area contributed by atoms with Crippen LogP contribution < -0.4 is 10.1 Å². The molecule has 0 aliphatic carbocycles. The predicted octanol–water partition coefficient (Wildman–Crippen LogP) is 1.82. The molecule has 0 radical (unpaired) electrons. The Balaban J connectivity index is 1.72. The lowest BCUT2D eigenvalue weighted by Crippen LogP contribution is -2.17. The number of hydrogen-bond donors (Lipinski definition) is 1. The molecule has 4 nitrogen and oxygen atoms in total. The molecule has 94 valence electrons. The number of nitrogens with one attached hydrogen (secondary N) is 1. The Labute approximate surface area is 107 Å². The first-order valence-electron chi connectivity index (χ1n) is 5.97. The fourth-order valence-corrected chi connectivity index (χ4v) is 1.66. The summed E-state index contributed by atoms with van der Waals surface area (Å²) < 4.78 is 5.12. The largest absolute Gasteiger partial charge is 0.497 e. The highest BCUT2D eigenvalue weighted by molar-refractivity contribution is 5.27. The number of aromatic nitrogens is 2. The molecule has 2 aromatic rings. The highest BCUT2D eigenvalue weighted by atomic mass is 16.5. The average molecular weight is 243 g/mol. The minimum Gasteiger partial charge on any atom is -0.497 e. The fraction of sp³-hybridized carbons (Fsp3) is 0.286. The molecular weight excluding hydrogens is 226 g/mol. The molecule has 0 saturated heterocycles. The summed E-state index contributed by atoms with van der Waals surface area (Å²) in [6.45, 7) is 1.70. The Morgan fingerprint density at radius 1 is 1.17 bits per heavy atom. The first-order chi connectivity index (χ1) is 8.88. The van der Waals surface area contributed by atoms with Gasteiger partial charge >= 0.3 is 0 Å². The van der Waals surface area contributed by atoms with Crippen LogP contribution in [0.4, 0.5) is 0 Å². The Morgan fingerprint density at radius 3 is 2.67 bits per heavy atom. The van der Waals surface area contributed by atoms with E-state index in [0.29, 0.717) is 0 Å². The van der Waals surface area contributed by atoms with Crippen LogP contribution in [0.3, 0.4) is 0 Å². The van der Waals surface area contributed by atoms with E-state index >= 15 is 0 Å². The molecule has 2 rings (SSSR count). The summed E-state index contributed by atoms with van der Waals surface area (Å²) >= 11 is 0. The topological polar surface area (TPSA) is 47.0 Å². The lowest BCUT2D eigenvalue weighted by Gasteiger charge is -2.05. The zero-order chi connectivity index (χ0) is 12.6. The van der Waals surface area contributed by atoms with E-state index in [4.69, 9.17) is 4.74 Å². The Hall–Kier alpha value is -1.94. The van der Waals surface area contributed by atoms with E-state index in [1.165, 1.54) is 5.56 Å². The maximum atomic E-state index is 5.12. The summed E-state index contributed by atoms with van der Waals surface area (Å²) in [5.74, 6) is 0.896. The van der Waals surface area contributed by atoms with Crippen molar-refractivity contribution in [2.75, 3.05) is 13.7 Å². The minimum absolute atomic E-state index is 0.776. The second kappa shape index (κ2) is 6.71. The Kier molecular flexibility index (Phi) is 4.67. The molecule has 0 bridgehead atoms. The quantitative estimate of drug-likeness (QED) is 0.786. The van der Waals surface area contributed by atoms with E-state index < -0.39 is 0 Å². The van der Waals surface area contributed by atoms with Gasteiger partial charge in [0.25, 0.3) is 0 Å². The van der Waals surface area contributed by atoms with E-state index in [0.717, 1.165) is 31.0 Å². The molecule has 0 spiro atoms. The van der Waals surface area contributed by atoms with Crippen molar-refractivity contribution < 1.29 is 4.74 Å². The summed E-state index contributed by atoms with van der Waals surface area (Å²) in [5, 5.41) is 3.36. The highest BCUT2D eigenvalue weighted by Gasteiger charge is 1.96. The first-order valence-corrected chi connectivity index (χ1v) is 5.97.